The number of nitrogens with zero attached hydrogens (tertiary/aromatic N) is 7. The van der Waals surface area contributed by atoms with Gasteiger partial charge in [-0.3, -0.25) is 9.69 Å². The maximum atomic E-state index is 13.8. The summed E-state index contributed by atoms with van der Waals surface area (Å²) in [6.45, 7) is 13.2. The number of anilines is 2. The Balaban J connectivity index is 1.28. The third-order valence-electron chi connectivity index (χ3n) is 9.14. The number of carbonyl (C=O) groups excluding carboxylic acids is 1. The van der Waals surface area contributed by atoms with E-state index in [-0.39, 0.29) is 51.1 Å². The Morgan fingerprint density at radius 2 is 1.93 bits per heavy atom. The van der Waals surface area contributed by atoms with Crippen LogP contribution >= 0.6 is 11.6 Å². The number of alkyl halides is 2. The van der Waals surface area contributed by atoms with Gasteiger partial charge in [0.2, 0.25) is 6.54 Å². The molecule has 1 aliphatic carbocycles. The fraction of sp³-hybridized carbons (Fsp3) is 0.455. The summed E-state index contributed by atoms with van der Waals surface area (Å²) >= 11 is 6.66. The molecule has 1 aromatic heterocycles. The summed E-state index contributed by atoms with van der Waals surface area (Å²) in [6.07, 6.45) is 0.304. The number of halogens is 4. The highest BCUT2D eigenvalue weighted by Crippen LogP contribution is 2.40. The smallest absolute Gasteiger partial charge is 0.318 e. The fourth-order valence-corrected chi connectivity index (χ4v) is 6.88. The predicted molar refractivity (Wildman–Crippen MR) is 171 cm³/mol. The number of amides is 1. The number of carbonyl (C=O) groups is 1. The average molecular weight is 654 g/mol. The van der Waals surface area contributed by atoms with E-state index in [1.54, 1.807) is 7.05 Å². The van der Waals surface area contributed by atoms with Crippen molar-refractivity contribution in [2.45, 2.75) is 43.8 Å². The number of fused-ring (bicyclic) bond motifs is 2. The van der Waals surface area contributed by atoms with Gasteiger partial charge in [0.05, 0.1) is 17.3 Å². The quantitative estimate of drug-likeness (QED) is 0.227. The molecular formula is C33H35ClF3N7O2. The third-order valence-corrected chi connectivity index (χ3v) is 9.45. The number of ether oxygens (including phenoxy) is 1. The number of aromatic nitrogens is 2. The molecule has 0 spiro atoms. The van der Waals surface area contributed by atoms with Gasteiger partial charge < -0.3 is 24.3 Å². The van der Waals surface area contributed by atoms with Crippen molar-refractivity contribution in [3.05, 3.63) is 76.5 Å². The molecule has 2 fully saturated rings. The van der Waals surface area contributed by atoms with Gasteiger partial charge in [-0.15, -0.1) is 0 Å². The molecular weight excluding hydrogens is 619 g/mol. The Morgan fingerprint density at radius 1 is 1.17 bits per heavy atom. The minimum Gasteiger partial charge on any atom is -0.462 e. The Bertz CT molecular complexity index is 1690. The third kappa shape index (κ3) is 6.44. The number of hydrogen-bond acceptors (Lipinski definition) is 7. The molecule has 9 nitrogen and oxygen atoms in total. The second-order valence-corrected chi connectivity index (χ2v) is 12.5. The molecule has 3 heterocycles. The van der Waals surface area contributed by atoms with Gasteiger partial charge >= 0.3 is 6.01 Å². The monoisotopic (exact) mass is 653 g/mol. The van der Waals surface area contributed by atoms with Gasteiger partial charge in [-0.25, -0.2) is 19.7 Å². The Hall–Kier alpha value is -4.08. The molecule has 1 saturated heterocycles. The first kappa shape index (κ1) is 31.9. The van der Waals surface area contributed by atoms with E-state index in [1.165, 1.54) is 4.90 Å². The first-order valence-electron chi connectivity index (χ1n) is 15.3. The lowest BCUT2D eigenvalue weighted by Gasteiger charge is -2.41. The van der Waals surface area contributed by atoms with E-state index in [1.807, 2.05) is 46.2 Å². The first-order valence-corrected chi connectivity index (χ1v) is 15.7. The molecule has 0 radical (unpaired) electrons. The van der Waals surface area contributed by atoms with Crippen LogP contribution < -0.4 is 14.5 Å². The van der Waals surface area contributed by atoms with E-state index >= 15 is 0 Å². The van der Waals surface area contributed by atoms with Crippen molar-refractivity contribution in [2.24, 2.45) is 0 Å². The van der Waals surface area contributed by atoms with Crippen molar-refractivity contribution in [3.8, 4) is 6.01 Å². The largest absolute Gasteiger partial charge is 0.462 e. The van der Waals surface area contributed by atoms with E-state index in [9.17, 15) is 18.0 Å². The van der Waals surface area contributed by atoms with Crippen LogP contribution in [0.3, 0.4) is 0 Å². The van der Waals surface area contributed by atoms with E-state index < -0.39 is 23.7 Å². The van der Waals surface area contributed by atoms with Crippen LogP contribution in [0.5, 0.6) is 6.01 Å². The van der Waals surface area contributed by atoms with Gasteiger partial charge in [0.15, 0.2) is 5.83 Å². The van der Waals surface area contributed by atoms with E-state index in [2.05, 4.69) is 16.3 Å². The summed E-state index contributed by atoms with van der Waals surface area (Å²) in [5.74, 6) is -3.81. The van der Waals surface area contributed by atoms with Crippen molar-refractivity contribution < 1.29 is 22.7 Å². The van der Waals surface area contributed by atoms with Gasteiger partial charge in [0, 0.05) is 68.2 Å². The lowest BCUT2D eigenvalue weighted by atomic mass is 9.87. The van der Waals surface area contributed by atoms with Crippen LogP contribution in [-0.2, 0) is 17.8 Å². The highest BCUT2D eigenvalue weighted by Gasteiger charge is 2.46. The Kier molecular flexibility index (Phi) is 8.99. The SMILES string of the molecule is [C-]#[N+]C[C@H]1CN(c2nc(OCCN(C)C3CC(F)(F)C3)nc3c2CCN(c2cccc4cccc(Cl)c24)C3)CCN1C(=O)C(=C)F. The Morgan fingerprint density at radius 3 is 2.65 bits per heavy atom. The molecule has 3 aliphatic rings. The lowest BCUT2D eigenvalue weighted by Crippen LogP contribution is -2.57. The van der Waals surface area contributed by atoms with Crippen LogP contribution in [0.4, 0.5) is 24.7 Å². The molecule has 0 unspecified atom stereocenters. The van der Waals surface area contributed by atoms with Gasteiger partial charge in [-0.05, 0) is 31.0 Å². The number of benzene rings is 2. The molecule has 0 N–H and O–H groups in total. The molecule has 2 aromatic carbocycles. The lowest BCUT2D eigenvalue weighted by molar-refractivity contribution is -0.131. The molecule has 1 amide bonds. The molecule has 13 heteroatoms. The van der Waals surface area contributed by atoms with Gasteiger partial charge in [-0.2, -0.15) is 9.97 Å². The second-order valence-electron chi connectivity index (χ2n) is 12.1. The standard InChI is InChI=1S/C33H35ClF3N7O2/c1-21(35)31(45)44-13-12-43(19-24(44)18-38-2)30-25-10-11-42(28-9-5-7-22-6-4-8-26(34)29(22)28)20-27(25)39-32(40-30)46-15-14-41(3)23-16-33(36,37)17-23/h4-9,23-24H,1,10-20H2,3H3/t24-/m0/s1. The van der Waals surface area contributed by atoms with Crippen LogP contribution in [0.1, 0.15) is 24.1 Å². The summed E-state index contributed by atoms with van der Waals surface area (Å²) in [7, 11) is 1.81. The molecule has 0 bridgehead atoms. The van der Waals surface area contributed by atoms with Gasteiger partial charge in [0.1, 0.15) is 18.5 Å². The highest BCUT2D eigenvalue weighted by atomic mass is 35.5. The van der Waals surface area contributed by atoms with E-state index in [0.717, 1.165) is 27.7 Å². The summed E-state index contributed by atoms with van der Waals surface area (Å²) in [5, 5.41) is 2.65. The summed E-state index contributed by atoms with van der Waals surface area (Å²) in [5.41, 5.74) is 2.71. The van der Waals surface area contributed by atoms with Crippen molar-refractivity contribution in [1.29, 1.82) is 0 Å². The zero-order valence-corrected chi connectivity index (χ0v) is 26.3. The minimum atomic E-state index is -2.60. The van der Waals surface area contributed by atoms with Crippen LogP contribution in [0.2, 0.25) is 5.02 Å². The Labute approximate surface area is 271 Å². The summed E-state index contributed by atoms with van der Waals surface area (Å²) in [6, 6.07) is 11.3. The normalized spacial score (nSPS) is 19.5. The van der Waals surface area contributed by atoms with Crippen molar-refractivity contribution in [2.75, 3.05) is 62.7 Å². The molecule has 46 heavy (non-hydrogen) atoms. The van der Waals surface area contributed by atoms with E-state index in [0.29, 0.717) is 43.4 Å². The zero-order valence-electron chi connectivity index (χ0n) is 25.6. The van der Waals surface area contributed by atoms with Crippen LogP contribution in [0.15, 0.2) is 48.8 Å². The predicted octanol–water partition coefficient (Wildman–Crippen LogP) is 5.37. The molecule has 1 atom stereocenters. The fourth-order valence-electron chi connectivity index (χ4n) is 6.60. The maximum absolute atomic E-state index is 13.8. The highest BCUT2D eigenvalue weighted by molar-refractivity contribution is 6.36. The molecule has 3 aromatic rings. The second kappa shape index (κ2) is 13.0. The van der Waals surface area contributed by atoms with Crippen molar-refractivity contribution >= 4 is 39.8 Å². The van der Waals surface area contributed by atoms with Crippen molar-refractivity contribution in [1.82, 2.24) is 19.8 Å². The van der Waals surface area contributed by atoms with Gasteiger partial charge in [-0.1, -0.05) is 42.4 Å². The van der Waals surface area contributed by atoms with Crippen LogP contribution in [0, 0.1) is 6.57 Å². The first-order chi connectivity index (χ1) is 22.0. The number of hydrogen-bond donors (Lipinski definition) is 0. The summed E-state index contributed by atoms with van der Waals surface area (Å²) < 4.78 is 46.7. The zero-order chi connectivity index (χ0) is 32.6. The van der Waals surface area contributed by atoms with Gasteiger partial charge in [0.25, 0.3) is 11.8 Å². The molecule has 242 valence electrons. The number of piperazine rings is 1. The molecule has 1 saturated carbocycles. The minimum absolute atomic E-state index is 0.00825. The topological polar surface area (TPSA) is 69.4 Å². The van der Waals surface area contributed by atoms with Crippen molar-refractivity contribution in [3.63, 3.8) is 0 Å². The summed E-state index contributed by atoms with van der Waals surface area (Å²) in [4.78, 5) is 33.1. The van der Waals surface area contributed by atoms with E-state index in [4.69, 9.17) is 32.9 Å². The average Bonchev–Trinajstić information content (AvgIpc) is 3.02. The number of likely N-dealkylation sites (N-methyl/N-ethyl adjacent to an activating group) is 1. The molecule has 6 rings (SSSR count). The van der Waals surface area contributed by atoms with Crippen LogP contribution in [0.25, 0.3) is 15.6 Å². The molecule has 2 aliphatic heterocycles. The maximum Gasteiger partial charge on any atom is 0.318 e. The number of rotatable bonds is 9. The van der Waals surface area contributed by atoms with Crippen LogP contribution in [-0.4, -0.2) is 96.6 Å².